The number of carbonyl (C=O) groups is 1. The fourth-order valence-corrected chi connectivity index (χ4v) is 3.40. The number of aryl methyl sites for hydroxylation is 1. The van der Waals surface area contributed by atoms with E-state index in [1.165, 1.54) is 0 Å². The Morgan fingerprint density at radius 1 is 1.06 bits per heavy atom. The van der Waals surface area contributed by atoms with Gasteiger partial charge >= 0.3 is 0 Å². The zero-order valence-electron chi connectivity index (χ0n) is 17.3. The first kappa shape index (κ1) is 20.4. The zero-order valence-corrected chi connectivity index (χ0v) is 17.3. The molecule has 0 aliphatic heterocycles. The summed E-state index contributed by atoms with van der Waals surface area (Å²) in [4.78, 5) is 20.8. The number of nitrogens with one attached hydrogen (secondary N) is 1. The molecule has 0 unspecified atom stereocenters. The predicted octanol–water partition coefficient (Wildman–Crippen LogP) is 4.39. The molecule has 2 aromatic heterocycles. The van der Waals surface area contributed by atoms with E-state index in [4.69, 9.17) is 0 Å². The summed E-state index contributed by atoms with van der Waals surface area (Å²) in [5.41, 5.74) is 4.48. The molecule has 1 aliphatic carbocycles. The van der Waals surface area contributed by atoms with Gasteiger partial charge in [-0.25, -0.2) is 4.98 Å². The van der Waals surface area contributed by atoms with Gasteiger partial charge in [0, 0.05) is 54.6 Å². The molecular formula is C26H24N4O. The van der Waals surface area contributed by atoms with E-state index in [1.54, 1.807) is 24.9 Å². The molecule has 154 valence electrons. The van der Waals surface area contributed by atoms with E-state index in [1.807, 2.05) is 41.1 Å². The minimum absolute atomic E-state index is 0.0910. The molecule has 0 fully saturated rings. The Morgan fingerprint density at radius 3 is 2.74 bits per heavy atom. The maximum absolute atomic E-state index is 12.7. The number of amides is 1. The Labute approximate surface area is 182 Å². The minimum atomic E-state index is -0.0910. The second-order valence-corrected chi connectivity index (χ2v) is 7.30. The first-order valence-corrected chi connectivity index (χ1v) is 10.5. The van der Waals surface area contributed by atoms with Crippen LogP contribution in [0.1, 0.15) is 35.2 Å². The van der Waals surface area contributed by atoms with E-state index in [9.17, 15) is 4.79 Å². The van der Waals surface area contributed by atoms with Crippen molar-refractivity contribution in [1.82, 2.24) is 19.9 Å². The van der Waals surface area contributed by atoms with E-state index in [2.05, 4.69) is 45.4 Å². The van der Waals surface area contributed by atoms with Gasteiger partial charge < -0.3 is 9.88 Å². The van der Waals surface area contributed by atoms with Crippen LogP contribution in [-0.2, 0) is 6.54 Å². The average molecular weight is 409 g/mol. The lowest BCUT2D eigenvalue weighted by atomic mass is 9.97. The summed E-state index contributed by atoms with van der Waals surface area (Å²) in [7, 11) is 0. The number of rotatable bonds is 6. The van der Waals surface area contributed by atoms with Crippen molar-refractivity contribution < 1.29 is 4.79 Å². The molecule has 5 heteroatoms. The Bertz CT molecular complexity index is 1150. The van der Waals surface area contributed by atoms with Gasteiger partial charge in [-0.3, -0.25) is 9.78 Å². The molecule has 1 aromatic carbocycles. The summed E-state index contributed by atoms with van der Waals surface area (Å²) < 4.78 is 2.00. The van der Waals surface area contributed by atoms with Gasteiger partial charge in [0.15, 0.2) is 0 Å². The molecule has 0 radical (unpaired) electrons. The number of pyridine rings is 1. The van der Waals surface area contributed by atoms with Gasteiger partial charge in [0.2, 0.25) is 0 Å². The summed E-state index contributed by atoms with van der Waals surface area (Å²) in [6, 6.07) is 9.60. The highest BCUT2D eigenvalue weighted by Crippen LogP contribution is 2.24. The number of benzene rings is 1. The number of hydrogen-bond donors (Lipinski definition) is 1. The molecule has 2 heterocycles. The summed E-state index contributed by atoms with van der Waals surface area (Å²) in [6.07, 6.45) is 18.2. The lowest BCUT2D eigenvalue weighted by Crippen LogP contribution is -2.25. The number of allylic oxidation sites excluding steroid dienone is 4. The van der Waals surface area contributed by atoms with Crippen LogP contribution in [0.5, 0.6) is 0 Å². The normalized spacial score (nSPS) is 12.6. The Hall–Kier alpha value is -3.91. The summed E-state index contributed by atoms with van der Waals surface area (Å²) in [5, 5.41) is 3.00. The summed E-state index contributed by atoms with van der Waals surface area (Å²) in [6.45, 7) is 1.42. The highest BCUT2D eigenvalue weighted by molar-refractivity contribution is 5.95. The fourth-order valence-electron chi connectivity index (χ4n) is 3.40. The molecule has 4 rings (SSSR count). The lowest BCUT2D eigenvalue weighted by Gasteiger charge is -2.09. The van der Waals surface area contributed by atoms with E-state index >= 15 is 0 Å². The van der Waals surface area contributed by atoms with Crippen molar-refractivity contribution in [2.75, 3.05) is 6.54 Å². The largest absolute Gasteiger partial charge is 0.352 e. The second-order valence-electron chi connectivity index (χ2n) is 7.30. The van der Waals surface area contributed by atoms with Crippen molar-refractivity contribution in [1.29, 1.82) is 0 Å². The maximum Gasteiger partial charge on any atom is 0.251 e. The zero-order chi connectivity index (χ0) is 21.3. The molecule has 1 N–H and O–H groups in total. The number of hydrogen-bond acceptors (Lipinski definition) is 3. The first-order valence-electron chi connectivity index (χ1n) is 10.5. The number of carbonyl (C=O) groups excluding carboxylic acids is 1. The van der Waals surface area contributed by atoms with Gasteiger partial charge in [-0.15, -0.1) is 0 Å². The Morgan fingerprint density at radius 2 is 1.97 bits per heavy atom. The van der Waals surface area contributed by atoms with Crippen molar-refractivity contribution in [2.45, 2.75) is 25.8 Å². The Balaban J connectivity index is 1.52. The molecular weight excluding hydrogens is 384 g/mol. The number of aromatic nitrogens is 3. The average Bonchev–Trinajstić information content (AvgIpc) is 3.35. The monoisotopic (exact) mass is 408 g/mol. The van der Waals surface area contributed by atoms with Crippen LogP contribution in [0.4, 0.5) is 0 Å². The quantitative estimate of drug-likeness (QED) is 0.486. The van der Waals surface area contributed by atoms with Crippen LogP contribution in [0.3, 0.4) is 0 Å². The van der Waals surface area contributed by atoms with Crippen LogP contribution < -0.4 is 5.32 Å². The van der Waals surface area contributed by atoms with Crippen molar-refractivity contribution in [3.8, 4) is 23.0 Å². The second kappa shape index (κ2) is 10.2. The molecule has 0 saturated carbocycles. The molecule has 1 amide bonds. The highest BCUT2D eigenvalue weighted by Gasteiger charge is 2.10. The van der Waals surface area contributed by atoms with Crippen molar-refractivity contribution in [3.05, 3.63) is 96.4 Å². The third-order valence-corrected chi connectivity index (χ3v) is 5.05. The lowest BCUT2D eigenvalue weighted by molar-refractivity contribution is 0.0952. The SMILES string of the molecule is O=C(NCCCn1ccnc1)c1ccc(-c2ccncc2)c(C#CC2=CCCC=C2)c1. The summed E-state index contributed by atoms with van der Waals surface area (Å²) >= 11 is 0. The number of nitrogens with zero attached hydrogens (tertiary/aromatic N) is 3. The van der Waals surface area contributed by atoms with E-state index < -0.39 is 0 Å². The van der Waals surface area contributed by atoms with Crippen LogP contribution >= 0.6 is 0 Å². The predicted molar refractivity (Wildman–Crippen MR) is 122 cm³/mol. The smallest absolute Gasteiger partial charge is 0.251 e. The van der Waals surface area contributed by atoms with Crippen LogP contribution in [0, 0.1) is 11.8 Å². The fraction of sp³-hybridized carbons (Fsp3) is 0.192. The Kier molecular flexibility index (Phi) is 6.71. The molecule has 1 aliphatic rings. The van der Waals surface area contributed by atoms with Crippen molar-refractivity contribution >= 4 is 5.91 Å². The molecule has 0 atom stereocenters. The van der Waals surface area contributed by atoms with Gasteiger partial charge in [0.25, 0.3) is 5.91 Å². The molecule has 5 nitrogen and oxygen atoms in total. The van der Waals surface area contributed by atoms with Crippen molar-refractivity contribution in [3.63, 3.8) is 0 Å². The molecule has 0 bridgehead atoms. The maximum atomic E-state index is 12.7. The highest BCUT2D eigenvalue weighted by atomic mass is 16.1. The van der Waals surface area contributed by atoms with Gasteiger partial charge in [0.1, 0.15) is 0 Å². The topological polar surface area (TPSA) is 59.8 Å². The van der Waals surface area contributed by atoms with E-state index in [0.717, 1.165) is 48.1 Å². The van der Waals surface area contributed by atoms with Crippen LogP contribution in [-0.4, -0.2) is 27.0 Å². The third-order valence-electron chi connectivity index (χ3n) is 5.05. The van der Waals surface area contributed by atoms with Gasteiger partial charge in [-0.2, -0.15) is 0 Å². The van der Waals surface area contributed by atoms with Gasteiger partial charge in [-0.1, -0.05) is 36.1 Å². The first-order chi connectivity index (χ1) is 15.3. The third kappa shape index (κ3) is 5.58. The van der Waals surface area contributed by atoms with E-state index in [-0.39, 0.29) is 5.91 Å². The molecule has 3 aromatic rings. The molecule has 0 spiro atoms. The molecule has 31 heavy (non-hydrogen) atoms. The molecule has 0 saturated heterocycles. The summed E-state index contributed by atoms with van der Waals surface area (Å²) in [5.74, 6) is 6.44. The van der Waals surface area contributed by atoms with Crippen LogP contribution in [0.25, 0.3) is 11.1 Å². The van der Waals surface area contributed by atoms with Crippen LogP contribution in [0.15, 0.2) is 85.2 Å². The van der Waals surface area contributed by atoms with Gasteiger partial charge in [0.05, 0.1) is 6.33 Å². The van der Waals surface area contributed by atoms with Crippen molar-refractivity contribution in [2.24, 2.45) is 0 Å². The van der Waals surface area contributed by atoms with Gasteiger partial charge in [-0.05, 0) is 54.7 Å². The standard InChI is InChI=1S/C26H24N4O/c31-26(29-13-4-17-30-18-16-28-20-30)24-9-10-25(22-11-14-27-15-12-22)23(19-24)8-7-21-5-2-1-3-6-21/h2,5-6,9-12,14-16,18-20H,1,3-4,13,17H2,(H,29,31). The van der Waals surface area contributed by atoms with E-state index in [0.29, 0.717) is 12.1 Å². The number of imidazole rings is 1. The van der Waals surface area contributed by atoms with Crippen LogP contribution in [0.2, 0.25) is 0 Å². The minimum Gasteiger partial charge on any atom is -0.352 e.